The van der Waals surface area contributed by atoms with Crippen LogP contribution in [-0.2, 0) is 4.74 Å². The van der Waals surface area contributed by atoms with Gasteiger partial charge >= 0.3 is 5.69 Å². The van der Waals surface area contributed by atoms with E-state index < -0.39 is 5.60 Å². The quantitative estimate of drug-likeness (QED) is 0.651. The Labute approximate surface area is 123 Å². The summed E-state index contributed by atoms with van der Waals surface area (Å²) in [6.45, 7) is 6.88. The molecule has 0 saturated heterocycles. The van der Waals surface area contributed by atoms with Crippen molar-refractivity contribution in [1.82, 2.24) is 4.98 Å². The van der Waals surface area contributed by atoms with Gasteiger partial charge in [-0.3, -0.25) is 15.1 Å². The molecule has 0 bridgehead atoms. The SMILES string of the molecule is CCOC(C)(C)CNc1ccc2ncccc2c1[N+](=O)[O-]. The maximum Gasteiger partial charge on any atom is 0.301 e. The number of nitrogens with one attached hydrogen (secondary N) is 1. The van der Waals surface area contributed by atoms with E-state index in [1.165, 1.54) is 0 Å². The van der Waals surface area contributed by atoms with E-state index in [-0.39, 0.29) is 10.6 Å². The Hall–Kier alpha value is -2.21. The molecule has 0 saturated carbocycles. The molecule has 21 heavy (non-hydrogen) atoms. The van der Waals surface area contributed by atoms with Crippen LogP contribution in [0.15, 0.2) is 30.5 Å². The molecule has 0 atom stereocenters. The summed E-state index contributed by atoms with van der Waals surface area (Å²) in [7, 11) is 0. The molecule has 112 valence electrons. The average Bonchev–Trinajstić information content (AvgIpc) is 2.44. The molecule has 1 aromatic heterocycles. The Morgan fingerprint density at radius 2 is 2.14 bits per heavy atom. The third-order valence-electron chi connectivity index (χ3n) is 3.18. The lowest BCUT2D eigenvalue weighted by molar-refractivity contribution is -0.382. The van der Waals surface area contributed by atoms with E-state index in [2.05, 4.69) is 10.3 Å². The largest absolute Gasteiger partial charge is 0.377 e. The molecule has 1 aromatic carbocycles. The van der Waals surface area contributed by atoms with Gasteiger partial charge in [0, 0.05) is 19.3 Å². The molecule has 0 unspecified atom stereocenters. The highest BCUT2D eigenvalue weighted by atomic mass is 16.6. The van der Waals surface area contributed by atoms with Crippen molar-refractivity contribution in [1.29, 1.82) is 0 Å². The zero-order chi connectivity index (χ0) is 15.5. The maximum atomic E-state index is 11.4. The summed E-state index contributed by atoms with van der Waals surface area (Å²) in [4.78, 5) is 15.2. The summed E-state index contributed by atoms with van der Waals surface area (Å²) in [5.74, 6) is 0. The summed E-state index contributed by atoms with van der Waals surface area (Å²) in [6.07, 6.45) is 1.62. The van der Waals surface area contributed by atoms with E-state index in [1.807, 2.05) is 20.8 Å². The maximum absolute atomic E-state index is 11.4. The Morgan fingerprint density at radius 3 is 2.81 bits per heavy atom. The van der Waals surface area contributed by atoms with E-state index in [0.717, 1.165) is 0 Å². The number of ether oxygens (including phenoxy) is 1. The first-order valence-corrected chi connectivity index (χ1v) is 6.84. The van der Waals surface area contributed by atoms with Crippen LogP contribution in [0.3, 0.4) is 0 Å². The van der Waals surface area contributed by atoms with Crippen LogP contribution in [0.5, 0.6) is 0 Å². The van der Waals surface area contributed by atoms with Crippen molar-refractivity contribution < 1.29 is 9.66 Å². The molecule has 2 rings (SSSR count). The van der Waals surface area contributed by atoms with Crippen molar-refractivity contribution in [3.05, 3.63) is 40.6 Å². The third kappa shape index (κ3) is 3.46. The van der Waals surface area contributed by atoms with Gasteiger partial charge in [-0.15, -0.1) is 0 Å². The minimum Gasteiger partial charge on any atom is -0.377 e. The number of nitro groups is 1. The normalized spacial score (nSPS) is 11.6. The van der Waals surface area contributed by atoms with E-state index >= 15 is 0 Å². The Bertz CT molecular complexity index is 656. The highest BCUT2D eigenvalue weighted by Gasteiger charge is 2.22. The van der Waals surface area contributed by atoms with Crippen molar-refractivity contribution in [2.45, 2.75) is 26.4 Å². The molecule has 1 heterocycles. The number of hydrogen-bond acceptors (Lipinski definition) is 5. The van der Waals surface area contributed by atoms with Crippen LogP contribution < -0.4 is 5.32 Å². The first-order chi connectivity index (χ1) is 9.94. The second-order valence-corrected chi connectivity index (χ2v) is 5.34. The summed E-state index contributed by atoms with van der Waals surface area (Å²) in [5, 5.41) is 15.0. The lowest BCUT2D eigenvalue weighted by Crippen LogP contribution is -2.33. The average molecular weight is 289 g/mol. The molecule has 0 fully saturated rings. The number of aromatic nitrogens is 1. The number of hydrogen-bond donors (Lipinski definition) is 1. The second kappa shape index (κ2) is 6.05. The van der Waals surface area contributed by atoms with Crippen molar-refractivity contribution in [3.8, 4) is 0 Å². The molecular formula is C15H19N3O3. The number of benzene rings is 1. The molecule has 6 heteroatoms. The minimum atomic E-state index is -0.396. The second-order valence-electron chi connectivity index (χ2n) is 5.34. The molecular weight excluding hydrogens is 270 g/mol. The molecule has 0 aliphatic rings. The summed E-state index contributed by atoms with van der Waals surface area (Å²) in [6, 6.07) is 6.87. The monoisotopic (exact) mass is 289 g/mol. The van der Waals surface area contributed by atoms with Gasteiger partial charge in [0.2, 0.25) is 0 Å². The Kier molecular flexibility index (Phi) is 4.37. The topological polar surface area (TPSA) is 77.3 Å². The van der Waals surface area contributed by atoms with Gasteiger partial charge in [-0.2, -0.15) is 0 Å². The van der Waals surface area contributed by atoms with Gasteiger partial charge in [0.05, 0.1) is 21.4 Å². The van der Waals surface area contributed by atoms with Gasteiger partial charge in [-0.1, -0.05) is 0 Å². The van der Waals surface area contributed by atoms with Gasteiger partial charge < -0.3 is 10.1 Å². The van der Waals surface area contributed by atoms with Crippen molar-refractivity contribution >= 4 is 22.3 Å². The van der Waals surface area contributed by atoms with E-state index in [0.29, 0.717) is 29.7 Å². The fraction of sp³-hybridized carbons (Fsp3) is 0.400. The predicted octanol–water partition coefficient (Wildman–Crippen LogP) is 3.37. The zero-order valence-corrected chi connectivity index (χ0v) is 12.4. The fourth-order valence-corrected chi connectivity index (χ4v) is 2.23. The molecule has 0 aliphatic heterocycles. The number of anilines is 1. The number of nitro benzene ring substituents is 1. The van der Waals surface area contributed by atoms with Gasteiger partial charge in [-0.25, -0.2) is 0 Å². The van der Waals surface area contributed by atoms with E-state index in [1.54, 1.807) is 30.5 Å². The number of pyridine rings is 1. The van der Waals surface area contributed by atoms with Crippen LogP contribution in [0, 0.1) is 10.1 Å². The smallest absolute Gasteiger partial charge is 0.301 e. The molecule has 2 aromatic rings. The lowest BCUT2D eigenvalue weighted by Gasteiger charge is -2.25. The Balaban J connectivity index is 2.36. The number of nitrogens with zero attached hydrogens (tertiary/aromatic N) is 2. The highest BCUT2D eigenvalue weighted by Crippen LogP contribution is 2.32. The molecule has 6 nitrogen and oxygen atoms in total. The molecule has 0 aliphatic carbocycles. The Morgan fingerprint density at radius 1 is 1.38 bits per heavy atom. The number of fused-ring (bicyclic) bond motifs is 1. The van der Waals surface area contributed by atoms with Crippen LogP contribution >= 0.6 is 0 Å². The van der Waals surface area contributed by atoms with Crippen molar-refractivity contribution in [2.75, 3.05) is 18.5 Å². The third-order valence-corrected chi connectivity index (χ3v) is 3.18. The standard InChI is InChI=1S/C15H19N3O3/c1-4-21-15(2,3)10-17-13-8-7-12-11(6-5-9-16-12)14(13)18(19)20/h5-9,17H,4,10H2,1-3H3. The van der Waals surface area contributed by atoms with E-state index in [9.17, 15) is 10.1 Å². The molecule has 0 amide bonds. The predicted molar refractivity (Wildman–Crippen MR) is 82.6 cm³/mol. The molecule has 1 N–H and O–H groups in total. The van der Waals surface area contributed by atoms with Crippen molar-refractivity contribution in [3.63, 3.8) is 0 Å². The van der Waals surface area contributed by atoms with Crippen LogP contribution in [0.25, 0.3) is 10.9 Å². The van der Waals surface area contributed by atoms with Crippen LogP contribution in [0.1, 0.15) is 20.8 Å². The van der Waals surface area contributed by atoms with E-state index in [4.69, 9.17) is 4.74 Å². The summed E-state index contributed by atoms with van der Waals surface area (Å²) >= 11 is 0. The zero-order valence-electron chi connectivity index (χ0n) is 12.4. The van der Waals surface area contributed by atoms with Crippen LogP contribution in [0.2, 0.25) is 0 Å². The molecule has 0 spiro atoms. The van der Waals surface area contributed by atoms with Gasteiger partial charge in [0.25, 0.3) is 0 Å². The summed E-state index contributed by atoms with van der Waals surface area (Å²) in [5.41, 5.74) is 0.743. The molecule has 0 radical (unpaired) electrons. The van der Waals surface area contributed by atoms with Gasteiger partial charge in [0.1, 0.15) is 5.69 Å². The summed E-state index contributed by atoms with van der Waals surface area (Å²) < 4.78 is 5.59. The first-order valence-electron chi connectivity index (χ1n) is 6.84. The lowest BCUT2D eigenvalue weighted by atomic mass is 10.1. The van der Waals surface area contributed by atoms with Crippen LogP contribution in [0.4, 0.5) is 11.4 Å². The van der Waals surface area contributed by atoms with Crippen LogP contribution in [-0.4, -0.2) is 28.7 Å². The van der Waals surface area contributed by atoms with Gasteiger partial charge in [-0.05, 0) is 45.0 Å². The number of rotatable bonds is 6. The van der Waals surface area contributed by atoms with Gasteiger partial charge in [0.15, 0.2) is 0 Å². The van der Waals surface area contributed by atoms with Crippen molar-refractivity contribution in [2.24, 2.45) is 0 Å². The highest BCUT2D eigenvalue weighted by molar-refractivity contribution is 5.94. The fourth-order valence-electron chi connectivity index (χ4n) is 2.23. The minimum absolute atomic E-state index is 0.0490. The first kappa shape index (κ1) is 15.2.